The van der Waals surface area contributed by atoms with Gasteiger partial charge in [-0.05, 0) is 109 Å². The first kappa shape index (κ1) is 61.3. The molecule has 0 bridgehead atoms. The molecule has 1 unspecified atom stereocenters. The van der Waals surface area contributed by atoms with E-state index in [0.29, 0.717) is 19.3 Å². The van der Waals surface area contributed by atoms with Gasteiger partial charge in [-0.3, -0.25) is 14.4 Å². The van der Waals surface area contributed by atoms with Gasteiger partial charge in [0.25, 0.3) is 0 Å². The lowest BCUT2D eigenvalue weighted by Crippen LogP contribution is -2.30. The van der Waals surface area contributed by atoms with Crippen molar-refractivity contribution in [2.45, 2.75) is 245 Å². The van der Waals surface area contributed by atoms with Gasteiger partial charge in [-0.2, -0.15) is 0 Å². The highest BCUT2D eigenvalue weighted by atomic mass is 16.6. The van der Waals surface area contributed by atoms with Gasteiger partial charge in [0.15, 0.2) is 6.10 Å². The third-order valence-corrected chi connectivity index (χ3v) is 11.1. The zero-order valence-electron chi connectivity index (χ0n) is 42.2. The Bertz CT molecular complexity index is 1310. The molecule has 0 fully saturated rings. The van der Waals surface area contributed by atoms with E-state index in [0.717, 1.165) is 103 Å². The van der Waals surface area contributed by atoms with E-state index in [1.807, 2.05) is 6.08 Å². The van der Waals surface area contributed by atoms with E-state index in [2.05, 4.69) is 112 Å². The van der Waals surface area contributed by atoms with Crippen LogP contribution in [0.3, 0.4) is 0 Å². The molecule has 0 rings (SSSR count). The summed E-state index contributed by atoms with van der Waals surface area (Å²) in [5.41, 5.74) is 0. The van der Waals surface area contributed by atoms with Gasteiger partial charge in [0.2, 0.25) is 0 Å². The minimum atomic E-state index is -0.816. The van der Waals surface area contributed by atoms with Crippen LogP contribution in [0.4, 0.5) is 0 Å². The summed E-state index contributed by atoms with van der Waals surface area (Å²) in [6, 6.07) is 0. The number of ether oxygens (including phenoxy) is 3. The molecule has 0 heterocycles. The lowest BCUT2D eigenvalue weighted by molar-refractivity contribution is -0.166. The summed E-state index contributed by atoms with van der Waals surface area (Å²) in [6.45, 7) is 6.41. The van der Waals surface area contributed by atoms with Gasteiger partial charge in [0, 0.05) is 19.3 Å². The Labute approximate surface area is 400 Å². The van der Waals surface area contributed by atoms with Crippen molar-refractivity contribution in [2.24, 2.45) is 0 Å². The Morgan fingerprint density at radius 2 is 0.631 bits per heavy atom. The van der Waals surface area contributed by atoms with Crippen molar-refractivity contribution >= 4 is 17.9 Å². The predicted octanol–water partition coefficient (Wildman–Crippen LogP) is 17.8. The zero-order chi connectivity index (χ0) is 47.2. The standard InChI is InChI=1S/C59H98O6/c1-4-7-10-13-16-19-22-25-27-29-30-31-33-34-37-40-43-46-49-52-58(61)64-55-56(54-63-57(60)51-48-45-42-39-36-24-21-18-15-12-9-6-3)65-59(62)53-50-47-44-41-38-35-32-28-26-23-20-17-14-11-8-5-2/h7,10,16,18-19,21,25,27-28,30-32,34,37,43,46,56H,4-6,8-9,11-15,17,20,22-24,26,29,33,35-36,38-42,44-45,47-55H2,1-3H3/b10-7-,19-16-,21-18-,27-25-,31-30-,32-28-,37-34-,46-43-. The van der Waals surface area contributed by atoms with E-state index in [1.54, 1.807) is 0 Å². The van der Waals surface area contributed by atoms with Gasteiger partial charge in [0.1, 0.15) is 13.2 Å². The van der Waals surface area contributed by atoms with E-state index >= 15 is 0 Å². The number of hydrogen-bond acceptors (Lipinski definition) is 6. The number of unbranched alkanes of at least 4 members (excludes halogenated alkanes) is 20. The molecule has 0 amide bonds. The minimum absolute atomic E-state index is 0.109. The number of allylic oxidation sites excluding steroid dienone is 16. The maximum atomic E-state index is 12.8. The van der Waals surface area contributed by atoms with Gasteiger partial charge < -0.3 is 14.2 Å². The number of rotatable bonds is 47. The van der Waals surface area contributed by atoms with Crippen LogP contribution >= 0.6 is 0 Å². The van der Waals surface area contributed by atoms with E-state index in [1.165, 1.54) is 89.9 Å². The molecule has 0 saturated carbocycles. The van der Waals surface area contributed by atoms with Gasteiger partial charge in [0.05, 0.1) is 0 Å². The Morgan fingerprint density at radius 3 is 1.06 bits per heavy atom. The Balaban J connectivity index is 4.52. The van der Waals surface area contributed by atoms with Crippen molar-refractivity contribution in [3.63, 3.8) is 0 Å². The summed E-state index contributed by atoms with van der Waals surface area (Å²) in [6.07, 6.45) is 69.7. The molecular formula is C59H98O6. The third kappa shape index (κ3) is 51.2. The normalized spacial score (nSPS) is 12.8. The molecule has 0 aliphatic rings. The SMILES string of the molecule is CC/C=C\C/C=C\C/C=C\C/C=C\C/C=C\C/C=C\CCC(=O)OCC(COC(=O)CCCCCCC/C=C\CCCCC)OC(=O)CCCCCCC/C=C\CCCCCCCCC. The van der Waals surface area contributed by atoms with Gasteiger partial charge in [-0.1, -0.05) is 208 Å². The predicted molar refractivity (Wildman–Crippen MR) is 279 cm³/mol. The van der Waals surface area contributed by atoms with Crippen LogP contribution in [0.15, 0.2) is 97.2 Å². The first-order valence-corrected chi connectivity index (χ1v) is 26.7. The van der Waals surface area contributed by atoms with Crippen LogP contribution in [0.2, 0.25) is 0 Å². The lowest BCUT2D eigenvalue weighted by Gasteiger charge is -2.18. The largest absolute Gasteiger partial charge is 0.462 e. The van der Waals surface area contributed by atoms with Gasteiger partial charge in [-0.25, -0.2) is 0 Å². The molecule has 0 aromatic carbocycles. The van der Waals surface area contributed by atoms with E-state index in [9.17, 15) is 14.4 Å². The average Bonchev–Trinajstić information content (AvgIpc) is 3.30. The Morgan fingerprint density at radius 1 is 0.323 bits per heavy atom. The molecule has 6 nitrogen and oxygen atoms in total. The van der Waals surface area contributed by atoms with Crippen LogP contribution in [-0.2, 0) is 28.6 Å². The highest BCUT2D eigenvalue weighted by molar-refractivity contribution is 5.71. The molecule has 0 spiro atoms. The number of carbonyl (C=O) groups is 3. The fourth-order valence-electron chi connectivity index (χ4n) is 7.04. The molecule has 65 heavy (non-hydrogen) atoms. The van der Waals surface area contributed by atoms with Crippen molar-refractivity contribution in [2.75, 3.05) is 13.2 Å². The summed E-state index contributed by atoms with van der Waals surface area (Å²) in [4.78, 5) is 38.0. The molecule has 0 N–H and O–H groups in total. The topological polar surface area (TPSA) is 78.9 Å². The quantitative estimate of drug-likeness (QED) is 0.0262. The molecule has 0 aliphatic heterocycles. The second kappa shape index (κ2) is 52.9. The maximum Gasteiger partial charge on any atom is 0.306 e. The fraction of sp³-hybridized carbons (Fsp3) is 0.678. The molecule has 0 saturated heterocycles. The summed E-state index contributed by atoms with van der Waals surface area (Å²) < 4.78 is 16.7. The monoisotopic (exact) mass is 903 g/mol. The maximum absolute atomic E-state index is 12.8. The molecule has 6 heteroatoms. The molecule has 0 aliphatic carbocycles. The van der Waals surface area contributed by atoms with Crippen LogP contribution in [0, 0.1) is 0 Å². The van der Waals surface area contributed by atoms with Gasteiger partial charge in [-0.15, -0.1) is 0 Å². The van der Waals surface area contributed by atoms with Crippen molar-refractivity contribution in [3.8, 4) is 0 Å². The second-order valence-electron chi connectivity index (χ2n) is 17.4. The molecule has 0 aromatic heterocycles. The molecular weight excluding hydrogens is 805 g/mol. The molecule has 0 aromatic rings. The van der Waals surface area contributed by atoms with Crippen LogP contribution in [0.1, 0.15) is 239 Å². The van der Waals surface area contributed by atoms with Crippen molar-refractivity contribution < 1.29 is 28.6 Å². The van der Waals surface area contributed by atoms with Crippen molar-refractivity contribution in [3.05, 3.63) is 97.2 Å². The highest BCUT2D eigenvalue weighted by Gasteiger charge is 2.19. The molecule has 0 radical (unpaired) electrons. The fourth-order valence-corrected chi connectivity index (χ4v) is 7.04. The van der Waals surface area contributed by atoms with E-state index in [-0.39, 0.29) is 37.5 Å². The smallest absolute Gasteiger partial charge is 0.306 e. The van der Waals surface area contributed by atoms with Crippen molar-refractivity contribution in [1.82, 2.24) is 0 Å². The summed E-state index contributed by atoms with van der Waals surface area (Å²) in [5, 5.41) is 0. The number of carbonyl (C=O) groups excluding carboxylic acids is 3. The van der Waals surface area contributed by atoms with Crippen LogP contribution in [0.5, 0.6) is 0 Å². The minimum Gasteiger partial charge on any atom is -0.462 e. The van der Waals surface area contributed by atoms with Crippen LogP contribution in [-0.4, -0.2) is 37.2 Å². The van der Waals surface area contributed by atoms with Crippen LogP contribution < -0.4 is 0 Å². The van der Waals surface area contributed by atoms with E-state index in [4.69, 9.17) is 14.2 Å². The summed E-state index contributed by atoms with van der Waals surface area (Å²) in [7, 11) is 0. The van der Waals surface area contributed by atoms with Crippen molar-refractivity contribution in [1.29, 1.82) is 0 Å². The Hall–Kier alpha value is -3.67. The molecule has 370 valence electrons. The second-order valence-corrected chi connectivity index (χ2v) is 17.4. The highest BCUT2D eigenvalue weighted by Crippen LogP contribution is 2.13. The molecule has 1 atom stereocenters. The first-order valence-electron chi connectivity index (χ1n) is 26.7. The first-order chi connectivity index (χ1) is 32.0. The average molecular weight is 903 g/mol. The lowest BCUT2D eigenvalue weighted by atomic mass is 10.1. The third-order valence-electron chi connectivity index (χ3n) is 11.1. The Kier molecular flexibility index (Phi) is 50.0. The van der Waals surface area contributed by atoms with E-state index < -0.39 is 6.10 Å². The number of hydrogen-bond donors (Lipinski definition) is 0. The van der Waals surface area contributed by atoms with Crippen LogP contribution in [0.25, 0.3) is 0 Å². The van der Waals surface area contributed by atoms with Gasteiger partial charge >= 0.3 is 17.9 Å². The summed E-state index contributed by atoms with van der Waals surface area (Å²) in [5.74, 6) is -1.02. The number of esters is 3. The zero-order valence-corrected chi connectivity index (χ0v) is 42.2. The summed E-state index contributed by atoms with van der Waals surface area (Å²) >= 11 is 0.